The van der Waals surface area contributed by atoms with Crippen LogP contribution in [-0.2, 0) is 20.7 Å². The lowest BCUT2D eigenvalue weighted by atomic mass is 9.96. The van der Waals surface area contributed by atoms with Crippen LogP contribution in [0.2, 0.25) is 0 Å². The monoisotopic (exact) mass is 428 g/mol. The summed E-state index contributed by atoms with van der Waals surface area (Å²) in [4.78, 5) is 0. The lowest BCUT2D eigenvalue weighted by Gasteiger charge is -2.32. The molecule has 3 nitrogen and oxygen atoms in total. The first kappa shape index (κ1) is 21.4. The highest BCUT2D eigenvalue weighted by Crippen LogP contribution is 2.55. The summed E-state index contributed by atoms with van der Waals surface area (Å²) < 4.78 is 143. The van der Waals surface area contributed by atoms with Crippen molar-refractivity contribution in [3.8, 4) is 0 Å². The lowest BCUT2D eigenvalue weighted by molar-refractivity contribution is -0.382. The molecular formula is C14H9F9O3S. The number of aryl methyl sites for hydroxylation is 1. The first-order chi connectivity index (χ1) is 12.1. The van der Waals surface area contributed by atoms with Gasteiger partial charge in [-0.3, -0.25) is 0 Å². The molecule has 0 fully saturated rings. The summed E-state index contributed by atoms with van der Waals surface area (Å²) in [6.45, 7) is 0. The Kier molecular flexibility index (Phi) is 5.00. The van der Waals surface area contributed by atoms with Gasteiger partial charge < -0.3 is 4.18 Å². The first-order valence-electron chi connectivity index (χ1n) is 6.99. The second-order valence-electron chi connectivity index (χ2n) is 5.46. The zero-order valence-electron chi connectivity index (χ0n) is 12.8. The highest BCUT2D eigenvalue weighted by atomic mass is 32.2. The molecule has 1 aliphatic rings. The molecule has 1 aromatic carbocycles. The van der Waals surface area contributed by atoms with Crippen molar-refractivity contribution in [2.45, 2.75) is 36.1 Å². The fraction of sp³-hybridized carbons (Fsp3) is 0.429. The highest BCUT2D eigenvalue weighted by molar-refractivity contribution is 7.88. The van der Waals surface area contributed by atoms with Crippen molar-refractivity contribution in [2.24, 2.45) is 0 Å². The van der Waals surface area contributed by atoms with E-state index in [4.69, 9.17) is 0 Å². The van der Waals surface area contributed by atoms with Crippen LogP contribution in [0.3, 0.4) is 0 Å². The quantitative estimate of drug-likeness (QED) is 0.503. The fourth-order valence-electron chi connectivity index (χ4n) is 2.21. The van der Waals surface area contributed by atoms with E-state index in [0.29, 0.717) is 12.0 Å². The molecule has 1 aliphatic carbocycles. The van der Waals surface area contributed by atoms with E-state index in [2.05, 4.69) is 4.18 Å². The number of rotatable bonds is 5. The molecule has 0 unspecified atom stereocenters. The Morgan fingerprint density at radius 1 is 0.852 bits per heavy atom. The van der Waals surface area contributed by atoms with E-state index in [1.54, 1.807) is 0 Å². The van der Waals surface area contributed by atoms with E-state index in [1.807, 2.05) is 0 Å². The van der Waals surface area contributed by atoms with Crippen LogP contribution in [0.5, 0.6) is 0 Å². The van der Waals surface area contributed by atoms with E-state index in [-0.39, 0.29) is 12.0 Å². The molecule has 0 atom stereocenters. The number of benzene rings is 1. The summed E-state index contributed by atoms with van der Waals surface area (Å²) in [5, 5.41) is -6.88. The molecule has 13 heteroatoms. The Morgan fingerprint density at radius 2 is 1.41 bits per heavy atom. The van der Waals surface area contributed by atoms with Crippen LogP contribution in [0.25, 0.3) is 5.76 Å². The van der Waals surface area contributed by atoms with Gasteiger partial charge in [-0.05, 0) is 24.5 Å². The number of halogens is 9. The Balaban J connectivity index is 2.45. The maximum Gasteiger partial charge on any atom is 0.460 e. The number of fused-ring (bicyclic) bond motifs is 1. The predicted octanol–water partition coefficient (Wildman–Crippen LogP) is 4.75. The molecule has 152 valence electrons. The van der Waals surface area contributed by atoms with Gasteiger partial charge >= 0.3 is 33.4 Å². The molecule has 0 saturated heterocycles. The van der Waals surface area contributed by atoms with Gasteiger partial charge in [0.1, 0.15) is 5.76 Å². The normalized spacial score (nSPS) is 16.6. The Labute approximate surface area is 146 Å². The largest absolute Gasteiger partial charge is 0.460 e. The van der Waals surface area contributed by atoms with Crippen LogP contribution < -0.4 is 0 Å². The van der Waals surface area contributed by atoms with Crippen molar-refractivity contribution in [2.75, 3.05) is 0 Å². The molecule has 0 heterocycles. The van der Waals surface area contributed by atoms with Crippen molar-refractivity contribution in [3.63, 3.8) is 0 Å². The van der Waals surface area contributed by atoms with Crippen LogP contribution in [0, 0.1) is 0 Å². The van der Waals surface area contributed by atoms with Crippen LogP contribution in [-0.4, -0.2) is 31.7 Å². The van der Waals surface area contributed by atoms with Crippen molar-refractivity contribution in [1.29, 1.82) is 0 Å². The number of allylic oxidation sites excluding steroid dienone is 1. The second kappa shape index (κ2) is 6.31. The van der Waals surface area contributed by atoms with Crippen molar-refractivity contribution < 1.29 is 52.1 Å². The Morgan fingerprint density at radius 3 is 1.96 bits per heavy atom. The summed E-state index contributed by atoms with van der Waals surface area (Å²) in [5.41, 5.74) is 0.273. The number of hydrogen-bond donors (Lipinski definition) is 0. The summed E-state index contributed by atoms with van der Waals surface area (Å²) >= 11 is 0. The van der Waals surface area contributed by atoms with E-state index >= 15 is 0 Å². The molecule has 0 radical (unpaired) electrons. The predicted molar refractivity (Wildman–Crippen MR) is 73.6 cm³/mol. The topological polar surface area (TPSA) is 43.4 Å². The van der Waals surface area contributed by atoms with Gasteiger partial charge in [0.2, 0.25) is 0 Å². The summed E-state index contributed by atoms with van der Waals surface area (Å²) in [6.07, 6.45) is -5.88. The third-order valence-electron chi connectivity index (χ3n) is 3.66. The van der Waals surface area contributed by atoms with E-state index in [1.165, 1.54) is 24.3 Å². The number of alkyl halides is 9. The minimum atomic E-state index is -7.33. The van der Waals surface area contributed by atoms with Gasteiger partial charge in [-0.1, -0.05) is 24.3 Å². The molecule has 0 N–H and O–H groups in total. The molecule has 0 saturated carbocycles. The van der Waals surface area contributed by atoms with Crippen LogP contribution in [0.15, 0.2) is 30.3 Å². The highest BCUT2D eigenvalue weighted by Gasteiger charge is 2.86. The maximum absolute atomic E-state index is 13.7. The molecule has 0 aliphatic heterocycles. The van der Waals surface area contributed by atoms with Crippen LogP contribution in [0.1, 0.15) is 17.5 Å². The van der Waals surface area contributed by atoms with Gasteiger partial charge in [0, 0.05) is 5.56 Å². The van der Waals surface area contributed by atoms with E-state index in [9.17, 15) is 47.9 Å². The van der Waals surface area contributed by atoms with Gasteiger partial charge in [0.15, 0.2) is 0 Å². The van der Waals surface area contributed by atoms with Gasteiger partial charge in [0.05, 0.1) is 0 Å². The maximum atomic E-state index is 13.7. The molecule has 2 rings (SSSR count). The standard InChI is InChI=1S/C14H9F9O3S/c15-11(16,13(19,20)21)12(17,18)14(22,23)27(24,25)26-10-7-3-5-8-4-1-2-6-9(8)10/h1-2,4,6-7H,3,5H2. The zero-order valence-corrected chi connectivity index (χ0v) is 13.7. The fourth-order valence-corrected chi connectivity index (χ4v) is 3.16. The van der Waals surface area contributed by atoms with Crippen molar-refractivity contribution in [3.05, 3.63) is 41.5 Å². The van der Waals surface area contributed by atoms with Gasteiger partial charge in [-0.25, -0.2) is 0 Å². The minimum absolute atomic E-state index is 0.0303. The van der Waals surface area contributed by atoms with Crippen molar-refractivity contribution in [1.82, 2.24) is 0 Å². The zero-order chi connectivity index (χ0) is 20.9. The molecule has 0 amide bonds. The Hall–Kier alpha value is -1.92. The molecule has 0 spiro atoms. The van der Waals surface area contributed by atoms with Gasteiger partial charge in [0.25, 0.3) is 0 Å². The van der Waals surface area contributed by atoms with Crippen molar-refractivity contribution >= 4 is 15.9 Å². The minimum Gasteiger partial charge on any atom is -0.378 e. The third kappa shape index (κ3) is 3.25. The average Bonchev–Trinajstić information content (AvgIpc) is 2.53. The SMILES string of the molecule is O=S(=O)(OC1=CCCc2ccccc21)C(F)(F)C(F)(F)C(F)(F)C(F)(F)F. The van der Waals surface area contributed by atoms with E-state index in [0.717, 1.165) is 6.08 Å². The summed E-state index contributed by atoms with van der Waals surface area (Å²) in [6, 6.07) is 5.42. The smallest absolute Gasteiger partial charge is 0.378 e. The molecule has 27 heavy (non-hydrogen) atoms. The first-order valence-corrected chi connectivity index (χ1v) is 8.40. The molecule has 0 aromatic heterocycles. The van der Waals surface area contributed by atoms with E-state index < -0.39 is 39.2 Å². The summed E-state index contributed by atoms with van der Waals surface area (Å²) in [7, 11) is -6.93. The third-order valence-corrected chi connectivity index (χ3v) is 4.94. The lowest BCUT2D eigenvalue weighted by Crippen LogP contribution is -2.63. The van der Waals surface area contributed by atoms with Crippen LogP contribution >= 0.6 is 0 Å². The molecular weight excluding hydrogens is 419 g/mol. The van der Waals surface area contributed by atoms with Gasteiger partial charge in [-0.15, -0.1) is 0 Å². The second-order valence-corrected chi connectivity index (χ2v) is 7.05. The summed E-state index contributed by atoms with van der Waals surface area (Å²) in [5.74, 6) is -15.5. The molecule has 0 bridgehead atoms. The molecule has 1 aromatic rings. The Bertz CT molecular complexity index is 857. The average molecular weight is 428 g/mol. The number of hydrogen-bond acceptors (Lipinski definition) is 3. The van der Waals surface area contributed by atoms with Gasteiger partial charge in [-0.2, -0.15) is 47.9 Å². The van der Waals surface area contributed by atoms with Crippen LogP contribution in [0.4, 0.5) is 39.5 Å².